The maximum atomic E-state index is 10.5. The van der Waals surface area contributed by atoms with E-state index in [1.165, 1.54) is 0 Å². The first-order valence-electron chi connectivity index (χ1n) is 6.44. The van der Waals surface area contributed by atoms with Crippen LogP contribution in [0.4, 0.5) is 5.69 Å². The summed E-state index contributed by atoms with van der Waals surface area (Å²) >= 11 is 0. The average molecular weight is 266 g/mol. The van der Waals surface area contributed by atoms with Crippen molar-refractivity contribution in [3.8, 4) is 0 Å². The average Bonchev–Trinajstić information content (AvgIpc) is 2.39. The maximum absolute atomic E-state index is 10.5. The first-order valence-corrected chi connectivity index (χ1v) is 6.44. The molecule has 0 atom stereocenters. The number of nitrogens with one attached hydrogen (secondary N) is 1. The van der Waals surface area contributed by atoms with Gasteiger partial charge in [0.05, 0.1) is 10.5 Å². The number of hydrogen-bond donors (Lipinski definition) is 1. The Balaban J connectivity index is 2.24. The topological polar surface area (TPSA) is 64.4 Å². The molecule has 1 N–H and O–H groups in total. The van der Waals surface area contributed by atoms with Crippen molar-refractivity contribution in [2.24, 2.45) is 0 Å². The second-order valence-corrected chi connectivity index (χ2v) is 5.14. The van der Waals surface area contributed by atoms with Crippen molar-refractivity contribution in [1.29, 1.82) is 0 Å². The standard InChI is InChI=1S/C14H22N2O3/c1-14(2,19-3)9-11-15-10-8-12-4-6-13(7-5-12)16(17)18/h4-7,15H,8-11H2,1-3H3. The molecule has 0 fully saturated rings. The number of nitro groups is 1. The van der Waals surface area contributed by atoms with Gasteiger partial charge in [0.2, 0.25) is 0 Å². The van der Waals surface area contributed by atoms with Gasteiger partial charge in [-0.15, -0.1) is 0 Å². The number of nitro benzene ring substituents is 1. The molecule has 0 aliphatic heterocycles. The summed E-state index contributed by atoms with van der Waals surface area (Å²) in [5, 5.41) is 13.9. The molecular formula is C14H22N2O3. The summed E-state index contributed by atoms with van der Waals surface area (Å²) in [4.78, 5) is 10.1. The van der Waals surface area contributed by atoms with Gasteiger partial charge in [-0.25, -0.2) is 0 Å². The Hall–Kier alpha value is -1.46. The van der Waals surface area contributed by atoms with E-state index in [0.717, 1.165) is 31.5 Å². The fourth-order valence-electron chi connectivity index (χ4n) is 1.63. The number of benzene rings is 1. The van der Waals surface area contributed by atoms with Crippen LogP contribution in [0, 0.1) is 10.1 Å². The fraction of sp³-hybridized carbons (Fsp3) is 0.571. The van der Waals surface area contributed by atoms with Crippen LogP contribution in [0.25, 0.3) is 0 Å². The van der Waals surface area contributed by atoms with Crippen molar-refractivity contribution in [2.75, 3.05) is 20.2 Å². The number of rotatable bonds is 8. The Morgan fingerprint density at radius 2 is 1.89 bits per heavy atom. The molecule has 0 amide bonds. The number of nitrogens with zero attached hydrogens (tertiary/aromatic N) is 1. The van der Waals surface area contributed by atoms with E-state index in [9.17, 15) is 10.1 Å². The second-order valence-electron chi connectivity index (χ2n) is 5.14. The highest BCUT2D eigenvalue weighted by Crippen LogP contribution is 2.13. The van der Waals surface area contributed by atoms with Crippen LogP contribution in [-0.4, -0.2) is 30.7 Å². The lowest BCUT2D eigenvalue weighted by molar-refractivity contribution is -0.384. The van der Waals surface area contributed by atoms with Gasteiger partial charge in [0.25, 0.3) is 5.69 Å². The lowest BCUT2D eigenvalue weighted by Gasteiger charge is -2.22. The van der Waals surface area contributed by atoms with Gasteiger partial charge >= 0.3 is 0 Å². The maximum Gasteiger partial charge on any atom is 0.269 e. The minimum Gasteiger partial charge on any atom is -0.379 e. The Kier molecular flexibility index (Phi) is 5.92. The summed E-state index contributed by atoms with van der Waals surface area (Å²) < 4.78 is 5.33. The highest BCUT2D eigenvalue weighted by molar-refractivity contribution is 5.32. The first kappa shape index (κ1) is 15.6. The van der Waals surface area contributed by atoms with Gasteiger partial charge in [0.15, 0.2) is 0 Å². The van der Waals surface area contributed by atoms with E-state index in [1.807, 2.05) is 0 Å². The zero-order valence-corrected chi connectivity index (χ0v) is 11.8. The zero-order chi connectivity index (χ0) is 14.3. The summed E-state index contributed by atoms with van der Waals surface area (Å²) in [7, 11) is 1.72. The Bertz CT molecular complexity index is 402. The molecule has 0 heterocycles. The van der Waals surface area contributed by atoms with Crippen LogP contribution in [0.1, 0.15) is 25.8 Å². The molecule has 0 saturated heterocycles. The van der Waals surface area contributed by atoms with Gasteiger partial charge in [0.1, 0.15) is 0 Å². The molecule has 1 rings (SSSR count). The van der Waals surface area contributed by atoms with E-state index >= 15 is 0 Å². The molecule has 0 radical (unpaired) electrons. The third-order valence-corrected chi connectivity index (χ3v) is 3.19. The fourth-order valence-corrected chi connectivity index (χ4v) is 1.63. The lowest BCUT2D eigenvalue weighted by Crippen LogP contribution is -2.29. The van der Waals surface area contributed by atoms with Crippen LogP contribution in [-0.2, 0) is 11.2 Å². The molecule has 5 heteroatoms. The van der Waals surface area contributed by atoms with Gasteiger partial charge in [-0.1, -0.05) is 12.1 Å². The largest absolute Gasteiger partial charge is 0.379 e. The second kappa shape index (κ2) is 7.21. The molecule has 1 aromatic rings. The quantitative estimate of drug-likeness (QED) is 0.446. The highest BCUT2D eigenvalue weighted by atomic mass is 16.6. The van der Waals surface area contributed by atoms with E-state index in [1.54, 1.807) is 31.4 Å². The third-order valence-electron chi connectivity index (χ3n) is 3.19. The Morgan fingerprint density at radius 1 is 1.26 bits per heavy atom. The molecule has 5 nitrogen and oxygen atoms in total. The number of ether oxygens (including phenoxy) is 1. The van der Waals surface area contributed by atoms with Gasteiger partial charge in [-0.3, -0.25) is 10.1 Å². The summed E-state index contributed by atoms with van der Waals surface area (Å²) in [5.41, 5.74) is 1.14. The monoisotopic (exact) mass is 266 g/mol. The highest BCUT2D eigenvalue weighted by Gasteiger charge is 2.14. The molecule has 106 valence electrons. The van der Waals surface area contributed by atoms with Crippen molar-refractivity contribution < 1.29 is 9.66 Å². The molecule has 1 aromatic carbocycles. The van der Waals surface area contributed by atoms with E-state index in [4.69, 9.17) is 4.74 Å². The number of hydrogen-bond acceptors (Lipinski definition) is 4. The normalized spacial score (nSPS) is 11.5. The number of methoxy groups -OCH3 is 1. The van der Waals surface area contributed by atoms with Crippen LogP contribution in [0.5, 0.6) is 0 Å². The zero-order valence-electron chi connectivity index (χ0n) is 11.8. The summed E-state index contributed by atoms with van der Waals surface area (Å²) in [6.45, 7) is 5.88. The predicted molar refractivity (Wildman–Crippen MR) is 75.4 cm³/mol. The van der Waals surface area contributed by atoms with E-state index in [2.05, 4.69) is 19.2 Å². The van der Waals surface area contributed by atoms with Crippen LogP contribution in [0.15, 0.2) is 24.3 Å². The molecule has 0 aliphatic carbocycles. The molecule has 0 spiro atoms. The predicted octanol–water partition coefficient (Wildman–Crippen LogP) is 2.54. The molecular weight excluding hydrogens is 244 g/mol. The van der Waals surface area contributed by atoms with Gasteiger partial charge in [-0.2, -0.15) is 0 Å². The smallest absolute Gasteiger partial charge is 0.269 e. The van der Waals surface area contributed by atoms with E-state index in [-0.39, 0.29) is 16.2 Å². The Labute approximate surface area is 114 Å². The number of non-ortho nitro benzene ring substituents is 1. The SMILES string of the molecule is COC(C)(C)CCNCCc1ccc([N+](=O)[O-])cc1. The third kappa shape index (κ3) is 5.81. The molecule has 0 bridgehead atoms. The van der Waals surface area contributed by atoms with Crippen LogP contribution < -0.4 is 5.32 Å². The minimum absolute atomic E-state index is 0.0969. The molecule has 0 unspecified atom stereocenters. The van der Waals surface area contributed by atoms with Crippen molar-refractivity contribution in [3.05, 3.63) is 39.9 Å². The van der Waals surface area contributed by atoms with Crippen molar-refractivity contribution >= 4 is 5.69 Å². The lowest BCUT2D eigenvalue weighted by atomic mass is 10.1. The van der Waals surface area contributed by atoms with Crippen molar-refractivity contribution in [3.63, 3.8) is 0 Å². The van der Waals surface area contributed by atoms with Crippen molar-refractivity contribution in [1.82, 2.24) is 5.32 Å². The van der Waals surface area contributed by atoms with Crippen LogP contribution >= 0.6 is 0 Å². The molecule has 0 aliphatic rings. The van der Waals surface area contributed by atoms with Gasteiger partial charge in [0, 0.05) is 19.2 Å². The summed E-state index contributed by atoms with van der Waals surface area (Å²) in [5.74, 6) is 0. The summed E-state index contributed by atoms with van der Waals surface area (Å²) in [6, 6.07) is 6.70. The molecule has 0 aromatic heterocycles. The molecule has 19 heavy (non-hydrogen) atoms. The van der Waals surface area contributed by atoms with E-state index in [0.29, 0.717) is 0 Å². The van der Waals surface area contributed by atoms with Gasteiger partial charge in [-0.05, 0) is 45.3 Å². The first-order chi connectivity index (χ1) is 8.94. The van der Waals surface area contributed by atoms with Gasteiger partial charge < -0.3 is 10.1 Å². The molecule has 0 saturated carbocycles. The van der Waals surface area contributed by atoms with Crippen molar-refractivity contribution in [2.45, 2.75) is 32.3 Å². The Morgan fingerprint density at radius 3 is 2.42 bits per heavy atom. The van der Waals surface area contributed by atoms with Crippen LogP contribution in [0.2, 0.25) is 0 Å². The summed E-state index contributed by atoms with van der Waals surface area (Å²) in [6.07, 6.45) is 1.81. The van der Waals surface area contributed by atoms with E-state index < -0.39 is 0 Å². The van der Waals surface area contributed by atoms with Crippen LogP contribution in [0.3, 0.4) is 0 Å². The minimum atomic E-state index is -0.380.